The van der Waals surface area contributed by atoms with Crippen LogP contribution in [0.4, 0.5) is 0 Å². The van der Waals surface area contributed by atoms with Crippen LogP contribution < -0.4 is 0 Å². The molecule has 1 aromatic rings. The molecule has 1 fully saturated rings. The third kappa shape index (κ3) is 3.42. The van der Waals surface area contributed by atoms with Gasteiger partial charge in [-0.05, 0) is 12.8 Å². The highest BCUT2D eigenvalue weighted by Gasteiger charge is 2.34. The zero-order chi connectivity index (χ0) is 16.4. The van der Waals surface area contributed by atoms with Crippen LogP contribution in [0.2, 0.25) is 0 Å². The Morgan fingerprint density at radius 3 is 3.09 bits per heavy atom. The first-order valence-electron chi connectivity index (χ1n) is 6.99. The SMILES string of the molecule is O=[N+]([O-])C1N=CC=[N+]1Cn1cc(CC2CCCOS2(=O)=O)nn1. The largest absolute Gasteiger partial charge is 0.502 e. The van der Waals surface area contributed by atoms with Gasteiger partial charge in [-0.25, -0.2) is 0 Å². The van der Waals surface area contributed by atoms with Gasteiger partial charge in [0.1, 0.15) is 4.92 Å². The van der Waals surface area contributed by atoms with Gasteiger partial charge in [-0.2, -0.15) is 13.1 Å². The zero-order valence-corrected chi connectivity index (χ0v) is 12.9. The molecule has 0 N–H and O–H groups in total. The lowest BCUT2D eigenvalue weighted by molar-refractivity contribution is -0.767. The molecule has 0 saturated carbocycles. The molecule has 2 aliphatic rings. The molecule has 3 rings (SSSR count). The Balaban J connectivity index is 1.66. The maximum atomic E-state index is 11.8. The third-order valence-electron chi connectivity index (χ3n) is 3.62. The van der Waals surface area contributed by atoms with Gasteiger partial charge in [-0.15, -0.1) is 14.7 Å². The lowest BCUT2D eigenvalue weighted by Gasteiger charge is -2.20. The molecule has 0 bridgehead atoms. The summed E-state index contributed by atoms with van der Waals surface area (Å²) in [6.45, 7) is 0.325. The van der Waals surface area contributed by atoms with Gasteiger partial charge in [0.15, 0.2) is 6.21 Å². The van der Waals surface area contributed by atoms with Crippen LogP contribution in [-0.2, 0) is 27.4 Å². The second-order valence-corrected chi connectivity index (χ2v) is 7.16. The first kappa shape index (κ1) is 15.7. The van der Waals surface area contributed by atoms with Crippen molar-refractivity contribution < 1.29 is 22.1 Å². The van der Waals surface area contributed by atoms with Crippen molar-refractivity contribution in [1.29, 1.82) is 0 Å². The number of nitro groups is 1. The molecule has 3 heterocycles. The average molecular weight is 343 g/mol. The molecule has 124 valence electrons. The minimum atomic E-state index is -3.56. The fraction of sp³-hybridized carbons (Fsp3) is 0.636. The highest BCUT2D eigenvalue weighted by Crippen LogP contribution is 2.20. The maximum Gasteiger partial charge on any atom is 0.502 e. The van der Waals surface area contributed by atoms with Crippen molar-refractivity contribution in [2.24, 2.45) is 4.99 Å². The van der Waals surface area contributed by atoms with E-state index in [1.54, 1.807) is 6.20 Å². The number of aliphatic imine (C=N–C) groups is 1. The predicted molar refractivity (Wildman–Crippen MR) is 77.2 cm³/mol. The maximum absolute atomic E-state index is 11.8. The molecule has 2 unspecified atom stereocenters. The second-order valence-electron chi connectivity index (χ2n) is 5.27. The Bertz CT molecular complexity index is 770. The number of hydrogen-bond donors (Lipinski definition) is 0. The van der Waals surface area contributed by atoms with E-state index in [-0.39, 0.29) is 19.7 Å². The topological polar surface area (TPSA) is 133 Å². The molecule has 1 saturated heterocycles. The van der Waals surface area contributed by atoms with Gasteiger partial charge in [0, 0.05) is 6.42 Å². The van der Waals surface area contributed by atoms with E-state index < -0.39 is 26.6 Å². The van der Waals surface area contributed by atoms with Gasteiger partial charge in [0.2, 0.25) is 6.67 Å². The summed E-state index contributed by atoms with van der Waals surface area (Å²) in [6, 6.07) is 0. The average Bonchev–Trinajstić information content (AvgIpc) is 3.11. The molecule has 0 aliphatic carbocycles. The smallest absolute Gasteiger partial charge is 0.270 e. The zero-order valence-electron chi connectivity index (χ0n) is 12.1. The normalized spacial score (nSPS) is 26.2. The highest BCUT2D eigenvalue weighted by molar-refractivity contribution is 7.87. The molecule has 2 atom stereocenters. The van der Waals surface area contributed by atoms with E-state index in [0.717, 1.165) is 0 Å². The highest BCUT2D eigenvalue weighted by atomic mass is 32.2. The first-order chi connectivity index (χ1) is 11.0. The van der Waals surface area contributed by atoms with Gasteiger partial charge in [0.25, 0.3) is 10.1 Å². The van der Waals surface area contributed by atoms with E-state index in [0.29, 0.717) is 18.5 Å². The fourth-order valence-corrected chi connectivity index (χ4v) is 3.86. The Morgan fingerprint density at radius 2 is 2.35 bits per heavy atom. The van der Waals surface area contributed by atoms with Crippen molar-refractivity contribution in [3.63, 3.8) is 0 Å². The molecule has 0 aromatic carbocycles. The Labute approximate surface area is 131 Å². The summed E-state index contributed by atoms with van der Waals surface area (Å²) in [7, 11) is -3.56. The van der Waals surface area contributed by atoms with E-state index in [4.69, 9.17) is 4.18 Å². The van der Waals surface area contributed by atoms with E-state index in [9.17, 15) is 18.5 Å². The van der Waals surface area contributed by atoms with Crippen LogP contribution in [0.3, 0.4) is 0 Å². The minimum Gasteiger partial charge on any atom is -0.270 e. The Morgan fingerprint density at radius 1 is 1.52 bits per heavy atom. The lowest BCUT2D eigenvalue weighted by Crippen LogP contribution is -2.31. The molecule has 23 heavy (non-hydrogen) atoms. The van der Waals surface area contributed by atoms with Crippen molar-refractivity contribution >= 4 is 22.5 Å². The van der Waals surface area contributed by atoms with Crippen LogP contribution in [0.15, 0.2) is 11.2 Å². The minimum absolute atomic E-state index is 0.104. The summed E-state index contributed by atoms with van der Waals surface area (Å²) in [5.74, 6) is 0. The number of hydrogen-bond acceptors (Lipinski definition) is 8. The molecule has 0 spiro atoms. The van der Waals surface area contributed by atoms with E-state index in [1.807, 2.05) is 0 Å². The third-order valence-corrected chi connectivity index (χ3v) is 5.33. The number of nitrogens with zero attached hydrogens (tertiary/aromatic N) is 6. The van der Waals surface area contributed by atoms with Crippen molar-refractivity contribution in [2.45, 2.75) is 37.5 Å². The summed E-state index contributed by atoms with van der Waals surface area (Å²) in [5.41, 5.74) is 0.502. The van der Waals surface area contributed by atoms with Crippen LogP contribution in [0.5, 0.6) is 0 Å². The second kappa shape index (κ2) is 6.12. The predicted octanol–water partition coefficient (Wildman–Crippen LogP) is -0.985. The standard InChI is InChI=1S/C11H15N6O5S/c18-17(19)11-12-3-4-15(11)8-16-7-9(13-14-16)6-10-2-1-5-22-23(10,20)21/h3-4,7,10-11H,1-2,5-6,8H2/q+1. The molecule has 1 aromatic heterocycles. The summed E-state index contributed by atoms with van der Waals surface area (Å²) in [5, 5.41) is 18.0. The summed E-state index contributed by atoms with van der Waals surface area (Å²) in [6.07, 6.45) is 4.67. The van der Waals surface area contributed by atoms with E-state index in [2.05, 4.69) is 15.3 Å². The van der Waals surface area contributed by atoms with Gasteiger partial charge in [0.05, 0.1) is 30.0 Å². The van der Waals surface area contributed by atoms with Crippen LogP contribution in [0.25, 0.3) is 0 Å². The van der Waals surface area contributed by atoms with Crippen molar-refractivity contribution in [1.82, 2.24) is 15.0 Å². The van der Waals surface area contributed by atoms with Gasteiger partial charge in [-0.1, -0.05) is 5.21 Å². The van der Waals surface area contributed by atoms with Crippen molar-refractivity contribution in [3.8, 4) is 0 Å². The van der Waals surface area contributed by atoms with Crippen LogP contribution in [0, 0.1) is 10.1 Å². The van der Waals surface area contributed by atoms with Gasteiger partial charge < -0.3 is 0 Å². The Hall–Kier alpha value is -2.21. The summed E-state index contributed by atoms with van der Waals surface area (Å²) < 4.78 is 31.2. The lowest BCUT2D eigenvalue weighted by atomic mass is 10.1. The number of rotatable bonds is 5. The van der Waals surface area contributed by atoms with E-state index >= 15 is 0 Å². The quantitative estimate of drug-likeness (QED) is 0.290. The van der Waals surface area contributed by atoms with Crippen molar-refractivity contribution in [3.05, 3.63) is 22.0 Å². The monoisotopic (exact) mass is 343 g/mol. The van der Waals surface area contributed by atoms with Gasteiger partial charge >= 0.3 is 6.29 Å². The summed E-state index contributed by atoms with van der Waals surface area (Å²) >= 11 is 0. The Kier molecular flexibility index (Phi) is 4.17. The van der Waals surface area contributed by atoms with E-state index in [1.165, 1.54) is 21.7 Å². The van der Waals surface area contributed by atoms with Crippen LogP contribution >= 0.6 is 0 Å². The molecule has 11 nitrogen and oxygen atoms in total. The molecule has 0 radical (unpaired) electrons. The molecule has 2 aliphatic heterocycles. The molecule has 12 heteroatoms. The van der Waals surface area contributed by atoms with Crippen LogP contribution in [0.1, 0.15) is 18.5 Å². The molecular formula is C11H15N6O5S+. The van der Waals surface area contributed by atoms with Crippen LogP contribution in [-0.4, -0.2) is 63.5 Å². The van der Waals surface area contributed by atoms with Gasteiger partial charge in [-0.3, -0.25) is 14.3 Å². The molecular weight excluding hydrogens is 328 g/mol. The summed E-state index contributed by atoms with van der Waals surface area (Å²) in [4.78, 5) is 14.1. The number of aromatic nitrogens is 3. The first-order valence-corrected chi connectivity index (χ1v) is 8.46. The molecule has 0 amide bonds. The van der Waals surface area contributed by atoms with Crippen molar-refractivity contribution in [2.75, 3.05) is 6.61 Å². The fourth-order valence-electron chi connectivity index (χ4n) is 2.49.